The molecule has 0 aliphatic rings. The predicted octanol–water partition coefficient (Wildman–Crippen LogP) is -5.37. The number of rotatable bonds is 38. The topological polar surface area (TPSA) is 506 Å². The van der Waals surface area contributed by atoms with Gasteiger partial charge in [0.2, 0.25) is 53.2 Å². The van der Waals surface area contributed by atoms with Gasteiger partial charge in [0.05, 0.1) is 37.7 Å². The van der Waals surface area contributed by atoms with Crippen molar-refractivity contribution in [2.24, 2.45) is 44.6 Å². The van der Waals surface area contributed by atoms with Crippen LogP contribution in [0.15, 0.2) is 52.8 Å². The molecule has 462 valence electrons. The minimum Gasteiger partial charge on any atom is -0.480 e. The molecule has 0 saturated heterocycles. The van der Waals surface area contributed by atoms with Crippen molar-refractivity contribution in [3.8, 4) is 0 Å². The number of nitrogens with one attached hydrogen (secondary N) is 8. The number of nitrogens with zero attached hydrogens (tertiary/aromatic N) is 5. The number of aliphatic imine (C=N–C) groups is 2. The molecule has 31 heteroatoms. The van der Waals surface area contributed by atoms with Gasteiger partial charge in [-0.25, -0.2) is 4.98 Å². The van der Waals surface area contributed by atoms with Crippen LogP contribution in [0.1, 0.15) is 91.3 Å². The van der Waals surface area contributed by atoms with Crippen molar-refractivity contribution in [1.29, 1.82) is 0 Å². The maximum Gasteiger partial charge on any atom is 0.323 e. The molecule has 0 aliphatic carbocycles. The second-order valence-corrected chi connectivity index (χ2v) is 19.9. The van der Waals surface area contributed by atoms with E-state index < -0.39 is 139 Å². The Morgan fingerprint density at radius 3 is 1.82 bits per heavy atom. The highest BCUT2D eigenvalue weighted by Gasteiger charge is 2.37. The first-order valence-electron chi connectivity index (χ1n) is 27.3. The highest BCUT2D eigenvalue weighted by molar-refractivity contribution is 5.98. The normalized spacial score (nSPS) is 14.6. The molecule has 0 fully saturated rings. The van der Waals surface area contributed by atoms with Gasteiger partial charge in [-0.15, -0.1) is 0 Å². The van der Waals surface area contributed by atoms with Crippen LogP contribution in [0.4, 0.5) is 0 Å². The predicted molar refractivity (Wildman–Crippen MR) is 304 cm³/mol. The van der Waals surface area contributed by atoms with Gasteiger partial charge in [-0.1, -0.05) is 57.5 Å². The Morgan fingerprint density at radius 1 is 0.663 bits per heavy atom. The number of imidazole rings is 1. The molecule has 0 aliphatic heterocycles. The number of H-pyrrole nitrogens is 1. The lowest BCUT2D eigenvalue weighted by atomic mass is 9.97. The summed E-state index contributed by atoms with van der Waals surface area (Å²) < 4.78 is 0. The van der Waals surface area contributed by atoms with Gasteiger partial charge in [-0.3, -0.25) is 57.9 Å². The molecular weight excluding hydrogens is 1080 g/mol. The van der Waals surface area contributed by atoms with Crippen LogP contribution < -0.4 is 65.9 Å². The lowest BCUT2D eigenvalue weighted by Crippen LogP contribution is -2.62. The van der Waals surface area contributed by atoms with Crippen LogP contribution in [-0.2, 0) is 60.8 Å². The van der Waals surface area contributed by atoms with Gasteiger partial charge in [0, 0.05) is 44.5 Å². The second-order valence-electron chi connectivity index (χ2n) is 19.9. The summed E-state index contributed by atoms with van der Waals surface area (Å²) in [5, 5.41) is 48.5. The number of carboxylic acids is 1. The first kappa shape index (κ1) is 70.7. The maximum atomic E-state index is 14.2. The Labute approximate surface area is 481 Å². The molecule has 0 radical (unpaired) electrons. The van der Waals surface area contributed by atoms with Crippen molar-refractivity contribution in [3.05, 3.63) is 54.1 Å². The number of hydrogen-bond acceptors (Lipinski definition) is 16. The molecule has 0 bridgehead atoms. The van der Waals surface area contributed by atoms with Gasteiger partial charge >= 0.3 is 5.97 Å². The molecule has 0 saturated carbocycles. The summed E-state index contributed by atoms with van der Waals surface area (Å²) in [6, 6.07) is -0.904. The number of nitrogens with two attached hydrogens (primary N) is 5. The molecule has 2 aromatic rings. The Balaban J connectivity index is 2.33. The molecule has 1 heterocycles. The summed E-state index contributed by atoms with van der Waals surface area (Å²) in [5.41, 5.74) is 28.8. The number of aromatic nitrogens is 2. The number of aliphatic hydroxyl groups is 2. The van der Waals surface area contributed by atoms with Crippen molar-refractivity contribution < 1.29 is 63.3 Å². The first-order valence-corrected chi connectivity index (χ1v) is 27.3. The van der Waals surface area contributed by atoms with E-state index >= 15 is 0 Å². The van der Waals surface area contributed by atoms with Crippen LogP contribution in [0.2, 0.25) is 0 Å². The fourth-order valence-electron chi connectivity index (χ4n) is 8.08. The van der Waals surface area contributed by atoms with Gasteiger partial charge in [0.1, 0.15) is 42.8 Å². The number of amides is 9. The van der Waals surface area contributed by atoms with Gasteiger partial charge < -0.3 is 96.0 Å². The van der Waals surface area contributed by atoms with Crippen molar-refractivity contribution in [1.82, 2.24) is 57.0 Å². The molecule has 1 aromatic carbocycles. The van der Waals surface area contributed by atoms with E-state index in [1.807, 2.05) is 0 Å². The summed E-state index contributed by atoms with van der Waals surface area (Å²) in [6.45, 7) is 7.08. The molecule has 10 atom stereocenters. The summed E-state index contributed by atoms with van der Waals surface area (Å²) >= 11 is 0. The Kier molecular flexibility index (Phi) is 31.3. The third-order valence-corrected chi connectivity index (χ3v) is 12.9. The summed E-state index contributed by atoms with van der Waals surface area (Å²) in [6.07, 6.45) is 0.893. The van der Waals surface area contributed by atoms with Gasteiger partial charge in [-0.2, -0.15) is 0 Å². The van der Waals surface area contributed by atoms with Gasteiger partial charge in [0.15, 0.2) is 11.9 Å². The van der Waals surface area contributed by atoms with Crippen molar-refractivity contribution >= 4 is 71.1 Å². The van der Waals surface area contributed by atoms with Crippen LogP contribution in [0.5, 0.6) is 0 Å². The van der Waals surface area contributed by atoms with Gasteiger partial charge in [0.25, 0.3) is 0 Å². The van der Waals surface area contributed by atoms with Crippen molar-refractivity contribution in [3.63, 3.8) is 0 Å². The minimum atomic E-state index is -1.85. The van der Waals surface area contributed by atoms with E-state index in [0.717, 1.165) is 29.2 Å². The summed E-state index contributed by atoms with van der Waals surface area (Å²) in [4.78, 5) is 152. The van der Waals surface area contributed by atoms with E-state index in [-0.39, 0.29) is 70.2 Å². The largest absolute Gasteiger partial charge is 0.480 e. The van der Waals surface area contributed by atoms with E-state index in [1.54, 1.807) is 51.1 Å². The molecule has 21 N–H and O–H groups in total. The number of carbonyl (C=O) groups is 10. The number of carbonyl (C=O) groups excluding carboxylic acids is 9. The van der Waals surface area contributed by atoms with E-state index in [0.29, 0.717) is 25.0 Å². The maximum absolute atomic E-state index is 14.2. The van der Waals surface area contributed by atoms with Crippen LogP contribution in [0.25, 0.3) is 0 Å². The first-order chi connectivity index (χ1) is 39.2. The van der Waals surface area contributed by atoms with Crippen molar-refractivity contribution in [2.45, 2.75) is 147 Å². The minimum absolute atomic E-state index is 0.00153. The second kappa shape index (κ2) is 36.8. The number of aryl methyl sites for hydroxylation is 1. The molecule has 9 amide bonds. The average molecular weight is 1170 g/mol. The number of aliphatic carboxylic acids is 1. The third-order valence-electron chi connectivity index (χ3n) is 12.9. The Morgan fingerprint density at radius 2 is 1.25 bits per heavy atom. The van der Waals surface area contributed by atoms with E-state index in [4.69, 9.17) is 28.7 Å². The summed E-state index contributed by atoms with van der Waals surface area (Å²) in [5.74, 6) is -9.92. The molecule has 0 spiro atoms. The van der Waals surface area contributed by atoms with E-state index in [1.165, 1.54) is 19.4 Å². The zero-order valence-corrected chi connectivity index (χ0v) is 48.0. The fourth-order valence-corrected chi connectivity index (χ4v) is 8.08. The highest BCUT2D eigenvalue weighted by Crippen LogP contribution is 2.13. The highest BCUT2D eigenvalue weighted by atomic mass is 16.4. The zero-order valence-electron chi connectivity index (χ0n) is 48.0. The van der Waals surface area contributed by atoms with Crippen LogP contribution >= 0.6 is 0 Å². The molecular formula is C52H86N18O13. The number of aliphatic hydroxyl groups excluding tert-OH is 2. The van der Waals surface area contributed by atoms with E-state index in [2.05, 4.69) is 57.2 Å². The smallest absolute Gasteiger partial charge is 0.323 e. The van der Waals surface area contributed by atoms with E-state index in [9.17, 15) is 63.3 Å². The summed E-state index contributed by atoms with van der Waals surface area (Å²) in [7, 11) is 0. The number of carboxylic acid groups (broad SMARTS) is 1. The standard InChI is InChI=1S/C52H86N18O13/c1-7-21-70(27-40(75)76)50(83)41(29(3)8-2)66-38(73)26-69(22-13-20-60-52(56)57)39(74)25-61-48(81)42(31(5)71)68-49(82)43(32(6)72)67-47(80)37(23-34-24-58-28-62-34)65-46(79)36(18-17-33-14-10-9-11-15-33)64-44(77)30(4)63-45(78)35(53)16-12-19-59-51(54)55/h9-11,14-15,24,28-32,35-37,41-43,71-72H,7-8,12-13,16-23,25-27,53H2,1-6H3,(H,58,62)(H,61,81)(H,63,78)(H,64,77)(H,65,79)(H,66,73)(H,67,80)(H,68,82)(H,75,76)(H4,54,55,59)(H4,56,57,60)/t29?,30-,31+,32+,35-,36-,37-,41-,42-,43-/m0/s1. The zero-order chi connectivity index (χ0) is 62.3. The fraction of sp³-hybridized carbons (Fsp3) is 0.596. The monoisotopic (exact) mass is 1170 g/mol. The molecule has 31 nitrogen and oxygen atoms in total. The number of aromatic amines is 1. The Bertz CT molecular complexity index is 2490. The molecule has 2 rings (SSSR count). The van der Waals surface area contributed by atoms with Crippen LogP contribution in [0, 0.1) is 5.92 Å². The third kappa shape index (κ3) is 26.3. The van der Waals surface area contributed by atoms with Crippen LogP contribution in [-0.4, -0.2) is 206 Å². The molecule has 83 heavy (non-hydrogen) atoms. The SMILES string of the molecule is CCCN(CC(=O)O)C(=O)[C@@H](NC(=O)CN(CCCN=C(N)N)C(=O)CNC(=O)[C@@H](NC(=O)[C@@H](NC(=O)[C@H](Cc1cnc[nH]1)NC(=O)[C@H](CCc1ccccc1)NC(=O)[C@H](C)NC(=O)[C@@H](N)CCCN=C(N)N)[C@@H](C)O)[C@@H](C)O)C(C)CC. The quantitative estimate of drug-likeness (QED) is 0.0170. The lowest BCUT2D eigenvalue weighted by Gasteiger charge is -2.31. The molecule has 1 unspecified atom stereocenters. The molecule has 1 aromatic heterocycles. The number of guanidine groups is 2. The number of benzene rings is 1. The number of hydrogen-bond donors (Lipinski definition) is 16. The van der Waals surface area contributed by atoms with Crippen LogP contribution in [0.3, 0.4) is 0 Å². The lowest BCUT2D eigenvalue weighted by molar-refractivity contribution is -0.147. The average Bonchev–Trinajstić information content (AvgIpc) is 4.00. The Hall–Kier alpha value is -8.45. The van der Waals surface area contributed by atoms with Crippen molar-refractivity contribution in [2.75, 3.05) is 45.8 Å². The van der Waals surface area contributed by atoms with Gasteiger partial charge in [-0.05, 0) is 70.8 Å².